The average molecular weight is 342 g/mol. The number of aromatic nitrogens is 1. The number of carbonyl (C=O) groups excluding carboxylic acids is 1. The van der Waals surface area contributed by atoms with Crippen LogP contribution in [0.25, 0.3) is 0 Å². The van der Waals surface area contributed by atoms with Crippen LogP contribution in [0.5, 0.6) is 0 Å². The highest BCUT2D eigenvalue weighted by molar-refractivity contribution is 5.92. The number of hydrogen-bond donors (Lipinski definition) is 0. The summed E-state index contributed by atoms with van der Waals surface area (Å²) < 4.78 is 13.3. The zero-order valence-corrected chi connectivity index (χ0v) is 14.7. The van der Waals surface area contributed by atoms with E-state index < -0.39 is 0 Å². The maximum Gasteiger partial charge on any atom is 0.272 e. The molecule has 0 radical (unpaired) electrons. The van der Waals surface area contributed by atoms with E-state index in [-0.39, 0.29) is 11.7 Å². The molecule has 6 heteroatoms. The average Bonchev–Trinajstić information content (AvgIpc) is 2.62. The Morgan fingerprint density at radius 1 is 1.16 bits per heavy atom. The van der Waals surface area contributed by atoms with E-state index in [1.807, 2.05) is 12.1 Å². The predicted molar refractivity (Wildman–Crippen MR) is 96.1 cm³/mol. The molecule has 5 nitrogen and oxygen atoms in total. The number of halogens is 1. The van der Waals surface area contributed by atoms with Gasteiger partial charge in [-0.05, 0) is 36.9 Å². The van der Waals surface area contributed by atoms with Crippen LogP contribution < -0.4 is 4.90 Å². The van der Waals surface area contributed by atoms with Crippen molar-refractivity contribution in [3.05, 3.63) is 59.5 Å². The molecule has 0 N–H and O–H groups in total. The third-order valence-electron chi connectivity index (χ3n) is 4.44. The highest BCUT2D eigenvalue weighted by atomic mass is 19.1. The minimum Gasteiger partial charge on any atom is -0.354 e. The van der Waals surface area contributed by atoms with Crippen LogP contribution in [0, 0.1) is 5.82 Å². The maximum absolute atomic E-state index is 13.3. The molecule has 1 aromatic carbocycles. The lowest BCUT2D eigenvalue weighted by molar-refractivity contribution is 0.0779. The number of likely N-dealkylation sites (N-methyl/N-ethyl adjacent to an activating group) is 1. The van der Waals surface area contributed by atoms with E-state index in [0.29, 0.717) is 12.2 Å². The molecule has 1 amide bonds. The summed E-state index contributed by atoms with van der Waals surface area (Å²) in [6, 6.07) is 11.8. The molecule has 1 saturated heterocycles. The Morgan fingerprint density at radius 3 is 2.60 bits per heavy atom. The molecule has 0 spiro atoms. The zero-order valence-electron chi connectivity index (χ0n) is 14.7. The smallest absolute Gasteiger partial charge is 0.272 e. The molecule has 3 rings (SSSR count). The largest absolute Gasteiger partial charge is 0.354 e. The van der Waals surface area contributed by atoms with Crippen LogP contribution in [0.2, 0.25) is 0 Å². The predicted octanol–water partition coefficient (Wildman–Crippen LogP) is 2.24. The molecule has 2 heterocycles. The van der Waals surface area contributed by atoms with E-state index in [2.05, 4.69) is 21.8 Å². The summed E-state index contributed by atoms with van der Waals surface area (Å²) in [5, 5.41) is 0. The van der Waals surface area contributed by atoms with Gasteiger partial charge in [0, 0.05) is 39.8 Å². The third kappa shape index (κ3) is 4.33. The first-order valence-corrected chi connectivity index (χ1v) is 8.43. The number of anilines is 1. The molecule has 0 unspecified atom stereocenters. The SMILES string of the molecule is CN1CCN(c2cccc(C(=O)N(C)Cc3cccc(F)c3)n2)CC1. The van der Waals surface area contributed by atoms with Gasteiger partial charge in [-0.1, -0.05) is 18.2 Å². The van der Waals surface area contributed by atoms with E-state index in [0.717, 1.165) is 37.6 Å². The molecule has 1 aromatic heterocycles. The summed E-state index contributed by atoms with van der Waals surface area (Å²) in [6.07, 6.45) is 0. The Morgan fingerprint density at radius 2 is 1.88 bits per heavy atom. The van der Waals surface area contributed by atoms with E-state index >= 15 is 0 Å². The monoisotopic (exact) mass is 342 g/mol. The summed E-state index contributed by atoms with van der Waals surface area (Å²) >= 11 is 0. The van der Waals surface area contributed by atoms with E-state index in [9.17, 15) is 9.18 Å². The number of pyridine rings is 1. The molecule has 2 aromatic rings. The van der Waals surface area contributed by atoms with Crippen LogP contribution in [0.4, 0.5) is 10.2 Å². The molecule has 1 aliphatic rings. The number of amides is 1. The first-order valence-electron chi connectivity index (χ1n) is 8.43. The number of hydrogen-bond acceptors (Lipinski definition) is 4. The van der Waals surface area contributed by atoms with Crippen LogP contribution in [0.15, 0.2) is 42.5 Å². The molecule has 1 aliphatic heterocycles. The van der Waals surface area contributed by atoms with Gasteiger partial charge < -0.3 is 14.7 Å². The molecule has 132 valence electrons. The molecule has 0 saturated carbocycles. The first kappa shape index (κ1) is 17.4. The minimum absolute atomic E-state index is 0.166. The normalized spacial score (nSPS) is 15.2. The van der Waals surface area contributed by atoms with Crippen molar-refractivity contribution >= 4 is 11.7 Å². The molecule has 1 fully saturated rings. The van der Waals surface area contributed by atoms with Crippen molar-refractivity contribution in [1.29, 1.82) is 0 Å². The lowest BCUT2D eigenvalue weighted by Gasteiger charge is -2.33. The minimum atomic E-state index is -0.298. The van der Waals surface area contributed by atoms with Crippen molar-refractivity contribution < 1.29 is 9.18 Å². The number of nitrogens with zero attached hydrogens (tertiary/aromatic N) is 4. The van der Waals surface area contributed by atoms with E-state index in [1.54, 1.807) is 30.1 Å². The Bertz CT molecular complexity index is 744. The fourth-order valence-corrected chi connectivity index (χ4v) is 2.93. The van der Waals surface area contributed by atoms with Crippen molar-refractivity contribution in [2.75, 3.05) is 45.2 Å². The molecule has 0 bridgehead atoms. The van der Waals surface area contributed by atoms with Crippen LogP contribution in [-0.2, 0) is 6.54 Å². The molecule has 0 aliphatic carbocycles. The summed E-state index contributed by atoms with van der Waals surface area (Å²) in [5.41, 5.74) is 1.17. The molecule has 25 heavy (non-hydrogen) atoms. The second kappa shape index (κ2) is 7.61. The van der Waals surface area contributed by atoms with Crippen molar-refractivity contribution in [2.24, 2.45) is 0 Å². The van der Waals surface area contributed by atoms with Gasteiger partial charge in [0.15, 0.2) is 0 Å². The fourth-order valence-electron chi connectivity index (χ4n) is 2.93. The van der Waals surface area contributed by atoms with Gasteiger partial charge in [0.2, 0.25) is 0 Å². The van der Waals surface area contributed by atoms with Gasteiger partial charge in [-0.2, -0.15) is 0 Å². The van der Waals surface area contributed by atoms with Crippen LogP contribution in [0.3, 0.4) is 0 Å². The van der Waals surface area contributed by atoms with Gasteiger partial charge in [-0.3, -0.25) is 4.79 Å². The van der Waals surface area contributed by atoms with E-state index in [4.69, 9.17) is 0 Å². The lowest BCUT2D eigenvalue weighted by Crippen LogP contribution is -2.45. The van der Waals surface area contributed by atoms with Gasteiger partial charge in [0.05, 0.1) is 0 Å². The van der Waals surface area contributed by atoms with Crippen molar-refractivity contribution in [1.82, 2.24) is 14.8 Å². The van der Waals surface area contributed by atoms with Crippen molar-refractivity contribution in [2.45, 2.75) is 6.54 Å². The van der Waals surface area contributed by atoms with Crippen molar-refractivity contribution in [3.8, 4) is 0 Å². The highest BCUT2D eigenvalue weighted by Gasteiger charge is 2.18. The summed E-state index contributed by atoms with van der Waals surface area (Å²) in [7, 11) is 3.81. The van der Waals surface area contributed by atoms with Gasteiger partial charge in [0.25, 0.3) is 5.91 Å². The van der Waals surface area contributed by atoms with Gasteiger partial charge in [-0.25, -0.2) is 9.37 Å². The topological polar surface area (TPSA) is 39.7 Å². The Hall–Kier alpha value is -2.47. The quantitative estimate of drug-likeness (QED) is 0.854. The Balaban J connectivity index is 1.70. The van der Waals surface area contributed by atoms with Crippen LogP contribution >= 0.6 is 0 Å². The molecular formula is C19H23FN4O. The molecular weight excluding hydrogens is 319 g/mol. The highest BCUT2D eigenvalue weighted by Crippen LogP contribution is 2.15. The number of carbonyl (C=O) groups is 1. The third-order valence-corrected chi connectivity index (χ3v) is 4.44. The number of benzene rings is 1. The second-order valence-corrected chi connectivity index (χ2v) is 6.46. The summed E-state index contributed by atoms with van der Waals surface area (Å²) in [4.78, 5) is 23.2. The Kier molecular flexibility index (Phi) is 5.28. The second-order valence-electron chi connectivity index (χ2n) is 6.46. The Labute approximate surface area is 147 Å². The summed E-state index contributed by atoms with van der Waals surface area (Å²) in [6.45, 7) is 4.12. The van der Waals surface area contributed by atoms with Gasteiger partial charge in [0.1, 0.15) is 17.3 Å². The first-order chi connectivity index (χ1) is 12.0. The van der Waals surface area contributed by atoms with E-state index in [1.165, 1.54) is 12.1 Å². The standard InChI is InChI=1S/C19H23FN4O/c1-22-9-11-24(12-10-22)18-8-4-7-17(21-18)19(25)23(2)14-15-5-3-6-16(20)13-15/h3-8,13H,9-12,14H2,1-2H3. The van der Waals surface area contributed by atoms with Crippen LogP contribution in [-0.4, -0.2) is 61.0 Å². The maximum atomic E-state index is 13.3. The lowest BCUT2D eigenvalue weighted by atomic mass is 10.2. The van der Waals surface area contributed by atoms with Crippen molar-refractivity contribution in [3.63, 3.8) is 0 Å². The number of rotatable bonds is 4. The molecule has 0 atom stereocenters. The zero-order chi connectivity index (χ0) is 17.8. The van der Waals surface area contributed by atoms with Crippen LogP contribution in [0.1, 0.15) is 16.1 Å². The number of piperazine rings is 1. The van der Waals surface area contributed by atoms with Gasteiger partial charge in [-0.15, -0.1) is 0 Å². The van der Waals surface area contributed by atoms with Gasteiger partial charge >= 0.3 is 0 Å². The summed E-state index contributed by atoms with van der Waals surface area (Å²) in [5.74, 6) is 0.367. The fraction of sp³-hybridized carbons (Fsp3) is 0.368.